The molecule has 0 radical (unpaired) electrons. The smallest absolute Gasteiger partial charge is 0.127 e. The van der Waals surface area contributed by atoms with Gasteiger partial charge in [-0.1, -0.05) is 194 Å². The quantitative estimate of drug-likeness (QED) is 0.159. The molecule has 0 atom stereocenters. The molecule has 1 aliphatic heterocycles. The van der Waals surface area contributed by atoms with E-state index < -0.39 is 5.41 Å². The van der Waals surface area contributed by atoms with Crippen LogP contribution in [0.15, 0.2) is 255 Å². The van der Waals surface area contributed by atoms with Crippen molar-refractivity contribution in [3.05, 3.63) is 283 Å². The Balaban J connectivity index is 1.07. The summed E-state index contributed by atoms with van der Waals surface area (Å²) in [6.45, 7) is 0.601. The molecule has 0 unspecified atom stereocenters. The molecular formula is C67H46N2O. The summed E-state index contributed by atoms with van der Waals surface area (Å²) in [7, 11) is 0. The van der Waals surface area contributed by atoms with Gasteiger partial charge in [0.05, 0.1) is 34.4 Å². The molecule has 0 fully saturated rings. The molecule has 0 N–H and O–H groups in total. The number of hydrogen-bond donors (Lipinski definition) is 0. The predicted octanol–water partition coefficient (Wildman–Crippen LogP) is 17.0. The summed E-state index contributed by atoms with van der Waals surface area (Å²) in [6.07, 6.45) is 0.781. The predicted molar refractivity (Wildman–Crippen MR) is 290 cm³/mol. The second kappa shape index (κ2) is 16.1. The van der Waals surface area contributed by atoms with Gasteiger partial charge in [0, 0.05) is 39.5 Å². The van der Waals surface area contributed by atoms with Gasteiger partial charge in [0.2, 0.25) is 0 Å². The SMILES string of the molecule is c1ccc(-c2ccc3c(c2)c2ccccc2n3-c2cc3c(c4ccccc24)-c2ccc(N(c4ccccc4)c4cccc5c4CCOc4ccccc4-5)cc2C3(c2ccccc2)c2ccccc2)cc1. The first-order valence-corrected chi connectivity index (χ1v) is 24.4. The van der Waals surface area contributed by atoms with E-state index in [1.807, 2.05) is 0 Å². The van der Waals surface area contributed by atoms with Crippen LogP contribution in [-0.4, -0.2) is 11.2 Å². The van der Waals surface area contributed by atoms with E-state index in [2.05, 4.69) is 264 Å². The monoisotopic (exact) mass is 894 g/mol. The van der Waals surface area contributed by atoms with E-state index in [0.717, 1.165) is 40.5 Å². The van der Waals surface area contributed by atoms with E-state index in [4.69, 9.17) is 4.74 Å². The third-order valence-electron chi connectivity index (χ3n) is 15.0. The lowest BCUT2D eigenvalue weighted by Gasteiger charge is -2.35. The maximum atomic E-state index is 6.42. The maximum absolute atomic E-state index is 6.42. The number of benzene rings is 11. The van der Waals surface area contributed by atoms with Gasteiger partial charge in [-0.25, -0.2) is 0 Å². The van der Waals surface area contributed by atoms with Gasteiger partial charge in [-0.3, -0.25) is 0 Å². The largest absolute Gasteiger partial charge is 0.493 e. The molecular weight excluding hydrogens is 849 g/mol. The summed E-state index contributed by atoms with van der Waals surface area (Å²) >= 11 is 0. The zero-order valence-electron chi connectivity index (χ0n) is 38.5. The molecule has 70 heavy (non-hydrogen) atoms. The van der Waals surface area contributed by atoms with Crippen LogP contribution in [0.25, 0.3) is 71.6 Å². The first kappa shape index (κ1) is 40.2. The molecule has 0 saturated carbocycles. The third kappa shape index (κ3) is 6.01. The summed E-state index contributed by atoms with van der Waals surface area (Å²) < 4.78 is 8.95. The van der Waals surface area contributed by atoms with Crippen LogP contribution in [0.4, 0.5) is 17.1 Å². The van der Waals surface area contributed by atoms with Crippen molar-refractivity contribution in [1.82, 2.24) is 4.57 Å². The molecule has 1 aliphatic carbocycles. The first-order valence-electron chi connectivity index (χ1n) is 24.4. The van der Waals surface area contributed by atoms with Crippen molar-refractivity contribution in [3.63, 3.8) is 0 Å². The highest BCUT2D eigenvalue weighted by molar-refractivity contribution is 6.14. The van der Waals surface area contributed by atoms with Crippen molar-refractivity contribution in [2.45, 2.75) is 11.8 Å². The van der Waals surface area contributed by atoms with Crippen LogP contribution in [0.2, 0.25) is 0 Å². The van der Waals surface area contributed by atoms with Crippen molar-refractivity contribution in [2.24, 2.45) is 0 Å². The molecule has 2 heterocycles. The van der Waals surface area contributed by atoms with E-state index in [9.17, 15) is 0 Å². The molecule has 0 saturated heterocycles. The van der Waals surface area contributed by atoms with Crippen LogP contribution in [0.3, 0.4) is 0 Å². The topological polar surface area (TPSA) is 17.4 Å². The molecule has 2 aliphatic rings. The van der Waals surface area contributed by atoms with Crippen LogP contribution < -0.4 is 9.64 Å². The Morgan fingerprint density at radius 2 is 1.03 bits per heavy atom. The molecule has 14 rings (SSSR count). The van der Waals surface area contributed by atoms with Crippen LogP contribution in [0.5, 0.6) is 5.75 Å². The Morgan fingerprint density at radius 1 is 0.400 bits per heavy atom. The lowest BCUT2D eigenvalue weighted by atomic mass is 9.67. The number of nitrogens with zero attached hydrogens (tertiary/aromatic N) is 2. The summed E-state index contributed by atoms with van der Waals surface area (Å²) in [5.41, 5.74) is 19.7. The van der Waals surface area contributed by atoms with Gasteiger partial charge in [-0.05, 0) is 122 Å². The molecule has 330 valence electrons. The average Bonchev–Trinajstić information content (AvgIpc) is 3.83. The van der Waals surface area contributed by atoms with E-state index in [0.29, 0.717) is 6.61 Å². The molecule has 0 bridgehead atoms. The van der Waals surface area contributed by atoms with Crippen molar-refractivity contribution in [2.75, 3.05) is 11.5 Å². The van der Waals surface area contributed by atoms with Crippen molar-refractivity contribution >= 4 is 49.6 Å². The minimum absolute atomic E-state index is 0.601. The number of fused-ring (bicyclic) bond motifs is 11. The highest BCUT2D eigenvalue weighted by Gasteiger charge is 2.48. The lowest BCUT2D eigenvalue weighted by molar-refractivity contribution is 0.326. The number of hydrogen-bond acceptors (Lipinski definition) is 2. The van der Waals surface area contributed by atoms with Crippen molar-refractivity contribution in [3.8, 4) is 44.8 Å². The van der Waals surface area contributed by atoms with E-state index in [-0.39, 0.29) is 0 Å². The number of para-hydroxylation sites is 3. The molecule has 3 nitrogen and oxygen atoms in total. The van der Waals surface area contributed by atoms with Crippen molar-refractivity contribution < 1.29 is 4.74 Å². The van der Waals surface area contributed by atoms with Crippen molar-refractivity contribution in [1.29, 1.82) is 0 Å². The maximum Gasteiger partial charge on any atom is 0.127 e. The van der Waals surface area contributed by atoms with Gasteiger partial charge >= 0.3 is 0 Å². The Labute approximate surface area is 407 Å². The fourth-order valence-electron chi connectivity index (χ4n) is 12.1. The standard InChI is InChI=1S/C67H46N2O/c1-5-20-45(21-6-1)46-36-39-63-58(42-46)53-29-15-17-33-62(53)69(63)64-44-60-66(56-31-14-13-28-52(56)64)57-38-37-50(43-59(57)67(60,47-22-7-2-8-23-47)48-24-9-3-10-25-48)68(49-26-11-4-12-27-49)61-34-19-32-51-54(61)40-41-70-65-35-18-16-30-55(51)65/h1-39,42-44H,40-41H2. The summed E-state index contributed by atoms with van der Waals surface area (Å²) in [4.78, 5) is 2.47. The number of anilines is 3. The summed E-state index contributed by atoms with van der Waals surface area (Å²) in [6, 6.07) is 94.0. The minimum Gasteiger partial charge on any atom is -0.493 e. The van der Waals surface area contributed by atoms with Crippen LogP contribution >= 0.6 is 0 Å². The summed E-state index contributed by atoms with van der Waals surface area (Å²) in [5, 5.41) is 4.92. The molecule has 12 aromatic rings. The fraction of sp³-hybridized carbons (Fsp3) is 0.0448. The Morgan fingerprint density at radius 3 is 1.80 bits per heavy atom. The van der Waals surface area contributed by atoms with Gasteiger partial charge in [0.15, 0.2) is 0 Å². The Bertz CT molecular complexity index is 3930. The first-order chi connectivity index (χ1) is 34.8. The Hall–Kier alpha value is -8.92. The van der Waals surface area contributed by atoms with Crippen LogP contribution in [0.1, 0.15) is 27.8 Å². The van der Waals surface area contributed by atoms with Gasteiger partial charge in [-0.15, -0.1) is 0 Å². The van der Waals surface area contributed by atoms with Crippen LogP contribution in [0, 0.1) is 0 Å². The molecule has 1 aromatic heterocycles. The van der Waals surface area contributed by atoms with Gasteiger partial charge < -0.3 is 14.2 Å². The van der Waals surface area contributed by atoms with Gasteiger partial charge in [0.1, 0.15) is 5.75 Å². The van der Waals surface area contributed by atoms with Crippen LogP contribution in [-0.2, 0) is 11.8 Å². The molecule has 3 heteroatoms. The number of aromatic nitrogens is 1. The molecule has 11 aromatic carbocycles. The minimum atomic E-state index is -0.691. The molecule has 0 spiro atoms. The highest BCUT2D eigenvalue weighted by Crippen LogP contribution is 2.60. The summed E-state index contributed by atoms with van der Waals surface area (Å²) in [5.74, 6) is 0.930. The zero-order chi connectivity index (χ0) is 46.2. The molecule has 0 amide bonds. The van der Waals surface area contributed by atoms with Gasteiger partial charge in [-0.2, -0.15) is 0 Å². The zero-order valence-corrected chi connectivity index (χ0v) is 38.5. The van der Waals surface area contributed by atoms with Gasteiger partial charge in [0.25, 0.3) is 0 Å². The number of rotatable bonds is 7. The second-order valence-electron chi connectivity index (χ2n) is 18.6. The Kier molecular flexibility index (Phi) is 9.25. The average molecular weight is 895 g/mol. The second-order valence-corrected chi connectivity index (χ2v) is 18.6. The van der Waals surface area contributed by atoms with E-state index in [1.54, 1.807) is 0 Å². The normalized spacial score (nSPS) is 13.3. The lowest BCUT2D eigenvalue weighted by Crippen LogP contribution is -2.29. The highest BCUT2D eigenvalue weighted by atomic mass is 16.5. The fourth-order valence-corrected chi connectivity index (χ4v) is 12.1. The van der Waals surface area contributed by atoms with E-state index >= 15 is 0 Å². The third-order valence-corrected chi connectivity index (χ3v) is 15.0. The number of ether oxygens (including phenoxy) is 1. The van der Waals surface area contributed by atoms with E-state index in [1.165, 1.54) is 88.2 Å².